The Hall–Kier alpha value is -3.49. The van der Waals surface area contributed by atoms with Gasteiger partial charge in [0.2, 0.25) is 16.0 Å². The molecule has 172 valence electrons. The molecule has 1 aliphatic rings. The maximum Gasteiger partial charge on any atom is 0.228 e. The Balaban J connectivity index is 1.68. The fourth-order valence-electron chi connectivity index (χ4n) is 3.89. The second-order valence-corrected chi connectivity index (χ2v) is 10.2. The van der Waals surface area contributed by atoms with Crippen LogP contribution in [0.5, 0.6) is 5.75 Å². The summed E-state index contributed by atoms with van der Waals surface area (Å²) < 4.78 is 33.1. The highest BCUT2D eigenvalue weighted by atomic mass is 32.2. The van der Waals surface area contributed by atoms with E-state index >= 15 is 0 Å². The average Bonchev–Trinajstić information content (AvgIpc) is 3.26. The van der Waals surface area contributed by atoms with Crippen molar-refractivity contribution in [2.45, 2.75) is 25.8 Å². The molecule has 10 nitrogen and oxygen atoms in total. The Labute approximate surface area is 192 Å². The van der Waals surface area contributed by atoms with Crippen molar-refractivity contribution >= 4 is 21.7 Å². The maximum atomic E-state index is 12.2. The largest absolute Gasteiger partial charge is 0.493 e. The van der Waals surface area contributed by atoms with Gasteiger partial charge in [-0.15, -0.1) is 0 Å². The first-order valence-corrected chi connectivity index (χ1v) is 12.1. The number of nitrogens with zero attached hydrogens (tertiary/aromatic N) is 6. The summed E-state index contributed by atoms with van der Waals surface area (Å²) in [5, 5.41) is 17.1. The number of aromatic nitrogens is 4. The predicted octanol–water partition coefficient (Wildman–Crippen LogP) is 2.68. The topological polar surface area (TPSA) is 126 Å². The smallest absolute Gasteiger partial charge is 0.228 e. The molecule has 0 amide bonds. The number of anilines is 2. The molecular weight excluding hydrogens is 442 g/mol. The van der Waals surface area contributed by atoms with Crippen LogP contribution in [-0.4, -0.2) is 58.4 Å². The molecule has 0 atom stereocenters. The third kappa shape index (κ3) is 4.27. The number of hydrogen-bond acceptors (Lipinski definition) is 8. The lowest BCUT2D eigenvalue weighted by atomic mass is 9.89. The van der Waals surface area contributed by atoms with Gasteiger partial charge in [-0.2, -0.15) is 14.7 Å². The second-order valence-electron chi connectivity index (χ2n) is 7.91. The van der Waals surface area contributed by atoms with Crippen LogP contribution in [0, 0.1) is 18.3 Å². The number of hydrogen-bond donors (Lipinski definition) is 1. The van der Waals surface area contributed by atoms with Crippen LogP contribution in [0.1, 0.15) is 19.0 Å². The molecule has 0 saturated carbocycles. The molecule has 11 heteroatoms. The van der Waals surface area contributed by atoms with E-state index in [0.717, 1.165) is 5.69 Å². The first kappa shape index (κ1) is 22.7. The third-order valence-corrected chi connectivity index (χ3v) is 7.49. The van der Waals surface area contributed by atoms with Gasteiger partial charge >= 0.3 is 0 Å². The van der Waals surface area contributed by atoms with Gasteiger partial charge in [0.1, 0.15) is 11.2 Å². The van der Waals surface area contributed by atoms with Crippen molar-refractivity contribution in [3.63, 3.8) is 0 Å². The summed E-state index contributed by atoms with van der Waals surface area (Å²) >= 11 is 0. The zero-order valence-corrected chi connectivity index (χ0v) is 19.5. The van der Waals surface area contributed by atoms with Crippen LogP contribution in [0.4, 0.5) is 11.6 Å². The predicted molar refractivity (Wildman–Crippen MR) is 124 cm³/mol. The molecule has 1 fully saturated rings. The molecule has 0 unspecified atom stereocenters. The molecule has 3 aromatic rings. The van der Waals surface area contributed by atoms with Gasteiger partial charge in [-0.05, 0) is 26.0 Å². The maximum absolute atomic E-state index is 12.2. The summed E-state index contributed by atoms with van der Waals surface area (Å²) in [5.41, 5.74) is 2.03. The van der Waals surface area contributed by atoms with E-state index in [1.807, 2.05) is 37.3 Å². The molecule has 1 saturated heterocycles. The van der Waals surface area contributed by atoms with Crippen molar-refractivity contribution in [3.05, 3.63) is 48.4 Å². The highest BCUT2D eigenvalue weighted by Crippen LogP contribution is 2.37. The lowest BCUT2D eigenvalue weighted by Gasteiger charge is -2.47. The zero-order valence-electron chi connectivity index (χ0n) is 18.7. The number of nitrogens with one attached hydrogen (secondary N) is 1. The number of aryl methyl sites for hydroxylation is 1. The molecule has 2 aromatic heterocycles. The SMILES string of the molecule is CCS(=O)(=O)N1CC(CC#N)(n2cc(-c3nc(Nc4ccccc4)nc(C)c3OC)cn2)C1. The van der Waals surface area contributed by atoms with Crippen LogP contribution in [0.15, 0.2) is 42.7 Å². The summed E-state index contributed by atoms with van der Waals surface area (Å²) in [6.07, 6.45) is 3.57. The fourth-order valence-corrected chi connectivity index (χ4v) is 5.13. The number of rotatable bonds is 8. The van der Waals surface area contributed by atoms with E-state index in [1.54, 1.807) is 31.1 Å². The molecule has 1 aliphatic heterocycles. The van der Waals surface area contributed by atoms with E-state index in [-0.39, 0.29) is 25.3 Å². The monoisotopic (exact) mass is 467 g/mol. The van der Waals surface area contributed by atoms with Gasteiger partial charge in [-0.1, -0.05) is 18.2 Å². The lowest BCUT2D eigenvalue weighted by molar-refractivity contribution is 0.0719. The highest BCUT2D eigenvalue weighted by Gasteiger charge is 2.49. The second kappa shape index (κ2) is 8.80. The van der Waals surface area contributed by atoms with Gasteiger partial charge < -0.3 is 10.1 Å². The first-order valence-electron chi connectivity index (χ1n) is 10.5. The molecule has 0 radical (unpaired) electrons. The van der Waals surface area contributed by atoms with Gasteiger partial charge in [0, 0.05) is 30.5 Å². The van der Waals surface area contributed by atoms with Crippen molar-refractivity contribution in [1.29, 1.82) is 5.26 Å². The number of nitriles is 1. The Kier molecular flexibility index (Phi) is 6.05. The Morgan fingerprint density at radius 1 is 1.24 bits per heavy atom. The molecule has 4 rings (SSSR count). The van der Waals surface area contributed by atoms with Crippen molar-refractivity contribution in [1.82, 2.24) is 24.1 Å². The van der Waals surface area contributed by atoms with Crippen LogP contribution in [0.2, 0.25) is 0 Å². The normalized spacial score (nSPS) is 15.5. The summed E-state index contributed by atoms with van der Waals surface area (Å²) in [4.78, 5) is 9.14. The van der Waals surface area contributed by atoms with E-state index in [9.17, 15) is 13.7 Å². The average molecular weight is 468 g/mol. The van der Waals surface area contributed by atoms with Gasteiger partial charge in [-0.3, -0.25) is 4.68 Å². The minimum absolute atomic E-state index is 0.0224. The van der Waals surface area contributed by atoms with Crippen LogP contribution < -0.4 is 10.1 Å². The summed E-state index contributed by atoms with van der Waals surface area (Å²) in [7, 11) is -1.77. The molecular formula is C22H25N7O3S. The highest BCUT2D eigenvalue weighted by molar-refractivity contribution is 7.89. The zero-order chi connectivity index (χ0) is 23.6. The van der Waals surface area contributed by atoms with Gasteiger partial charge in [0.15, 0.2) is 5.75 Å². The van der Waals surface area contributed by atoms with Gasteiger partial charge in [-0.25, -0.2) is 18.4 Å². The van der Waals surface area contributed by atoms with Crippen molar-refractivity contribution in [3.8, 4) is 23.1 Å². The summed E-state index contributed by atoms with van der Waals surface area (Å²) in [6, 6.07) is 11.8. The lowest BCUT2D eigenvalue weighted by Crippen LogP contribution is -2.64. The molecule has 0 aliphatic carbocycles. The summed E-state index contributed by atoms with van der Waals surface area (Å²) in [5.74, 6) is 0.957. The van der Waals surface area contributed by atoms with E-state index in [1.165, 1.54) is 4.31 Å². The van der Waals surface area contributed by atoms with E-state index in [2.05, 4.69) is 26.5 Å². The van der Waals surface area contributed by atoms with Crippen LogP contribution in [0.25, 0.3) is 11.3 Å². The minimum Gasteiger partial charge on any atom is -0.493 e. The Morgan fingerprint density at radius 3 is 2.61 bits per heavy atom. The van der Waals surface area contributed by atoms with Crippen molar-refractivity contribution in [2.75, 3.05) is 31.3 Å². The molecule has 0 bridgehead atoms. The molecule has 1 aromatic carbocycles. The first-order chi connectivity index (χ1) is 15.8. The Morgan fingerprint density at radius 2 is 1.97 bits per heavy atom. The van der Waals surface area contributed by atoms with Crippen molar-refractivity contribution in [2.24, 2.45) is 0 Å². The van der Waals surface area contributed by atoms with Crippen molar-refractivity contribution < 1.29 is 13.2 Å². The number of para-hydroxylation sites is 1. The quantitative estimate of drug-likeness (QED) is 0.536. The van der Waals surface area contributed by atoms with E-state index in [4.69, 9.17) is 4.74 Å². The molecule has 33 heavy (non-hydrogen) atoms. The standard InChI is InChI=1S/C22H25N7O3S/c1-4-33(30,31)28-14-22(15-28,10-11-23)29-13-17(12-24-29)19-20(32-3)16(2)25-21(27-19)26-18-8-6-5-7-9-18/h5-9,12-13H,4,10,14-15H2,1-3H3,(H,25,26,27). The van der Waals surface area contributed by atoms with Crippen LogP contribution in [-0.2, 0) is 15.6 Å². The molecule has 3 heterocycles. The number of benzene rings is 1. The van der Waals surface area contributed by atoms with Gasteiger partial charge in [0.25, 0.3) is 0 Å². The summed E-state index contributed by atoms with van der Waals surface area (Å²) in [6.45, 7) is 3.86. The van der Waals surface area contributed by atoms with Crippen LogP contribution >= 0.6 is 0 Å². The van der Waals surface area contributed by atoms with Gasteiger partial charge in [0.05, 0.1) is 37.2 Å². The van der Waals surface area contributed by atoms with Crippen LogP contribution in [0.3, 0.4) is 0 Å². The fraction of sp³-hybridized carbons (Fsp3) is 0.364. The minimum atomic E-state index is -3.32. The third-order valence-electron chi connectivity index (χ3n) is 5.72. The number of sulfonamides is 1. The van der Waals surface area contributed by atoms with E-state index in [0.29, 0.717) is 28.6 Å². The number of ether oxygens (including phenoxy) is 1. The van der Waals surface area contributed by atoms with E-state index < -0.39 is 15.6 Å². The molecule has 1 N–H and O–H groups in total. The number of methoxy groups -OCH3 is 1. The Bertz CT molecular complexity index is 1290. The molecule has 0 spiro atoms.